The normalized spacial score (nSPS) is 14.3. The van der Waals surface area contributed by atoms with Gasteiger partial charge in [-0.1, -0.05) is 6.07 Å². The lowest BCUT2D eigenvalue weighted by Gasteiger charge is -2.29. The Kier molecular flexibility index (Phi) is 4.53. The van der Waals surface area contributed by atoms with Gasteiger partial charge in [0.05, 0.1) is 16.5 Å². The fourth-order valence-electron chi connectivity index (χ4n) is 2.08. The van der Waals surface area contributed by atoms with Crippen LogP contribution in [0.5, 0.6) is 0 Å². The molecule has 0 saturated carbocycles. The molecule has 20 heavy (non-hydrogen) atoms. The van der Waals surface area contributed by atoms with Gasteiger partial charge in [-0.25, -0.2) is 13.1 Å². The topological polar surface area (TPSA) is 92.4 Å². The second-order valence-corrected chi connectivity index (χ2v) is 7.50. The molecular formula is C14H24N2O3S. The van der Waals surface area contributed by atoms with Gasteiger partial charge in [0.15, 0.2) is 0 Å². The molecule has 0 radical (unpaired) electrons. The molecule has 6 heteroatoms. The van der Waals surface area contributed by atoms with Gasteiger partial charge in [-0.05, 0) is 58.2 Å². The first-order valence-electron chi connectivity index (χ1n) is 6.48. The summed E-state index contributed by atoms with van der Waals surface area (Å²) in [5, 5.41) is 9.68. The summed E-state index contributed by atoms with van der Waals surface area (Å²) in [4.78, 5) is 0.189. The number of sulfonamides is 1. The molecule has 0 aliphatic rings. The van der Waals surface area contributed by atoms with E-state index >= 15 is 0 Å². The lowest BCUT2D eigenvalue weighted by Crippen LogP contribution is -2.51. The largest absolute Gasteiger partial charge is 0.398 e. The smallest absolute Gasteiger partial charge is 0.241 e. The van der Waals surface area contributed by atoms with Crippen molar-refractivity contribution in [3.8, 4) is 0 Å². The monoisotopic (exact) mass is 300 g/mol. The van der Waals surface area contributed by atoms with E-state index < -0.39 is 21.7 Å². The van der Waals surface area contributed by atoms with Crippen molar-refractivity contribution < 1.29 is 13.5 Å². The number of benzene rings is 1. The quantitative estimate of drug-likeness (QED) is 0.737. The molecule has 0 fully saturated rings. The predicted molar refractivity (Wildman–Crippen MR) is 81.1 cm³/mol. The number of rotatable bonds is 4. The first-order chi connectivity index (χ1) is 8.90. The summed E-state index contributed by atoms with van der Waals surface area (Å²) in [5.74, 6) is 0. The second-order valence-electron chi connectivity index (χ2n) is 5.88. The van der Waals surface area contributed by atoms with E-state index in [0.717, 1.165) is 5.56 Å². The molecule has 1 unspecified atom stereocenters. The zero-order chi connectivity index (χ0) is 15.9. The van der Waals surface area contributed by atoms with E-state index in [0.29, 0.717) is 16.8 Å². The Hall–Kier alpha value is -1.11. The Morgan fingerprint density at radius 1 is 1.25 bits per heavy atom. The maximum atomic E-state index is 12.6. The van der Waals surface area contributed by atoms with Crippen molar-refractivity contribution in [1.29, 1.82) is 0 Å². The van der Waals surface area contributed by atoms with Crippen molar-refractivity contribution in [3.05, 3.63) is 22.8 Å². The number of nitrogens with one attached hydrogen (secondary N) is 1. The molecule has 1 rings (SSSR count). The molecule has 0 aliphatic carbocycles. The molecule has 0 bridgehead atoms. The summed E-state index contributed by atoms with van der Waals surface area (Å²) in [6, 6.07) is 1.76. The van der Waals surface area contributed by atoms with Crippen LogP contribution in [0.25, 0.3) is 0 Å². The van der Waals surface area contributed by atoms with Gasteiger partial charge in [0.1, 0.15) is 0 Å². The average molecular weight is 300 g/mol. The van der Waals surface area contributed by atoms with Crippen molar-refractivity contribution in [2.45, 2.75) is 58.1 Å². The molecular weight excluding hydrogens is 276 g/mol. The van der Waals surface area contributed by atoms with Crippen LogP contribution < -0.4 is 10.5 Å². The summed E-state index contributed by atoms with van der Waals surface area (Å²) >= 11 is 0. The van der Waals surface area contributed by atoms with Gasteiger partial charge in [-0.3, -0.25) is 0 Å². The minimum atomic E-state index is -3.75. The van der Waals surface area contributed by atoms with Crippen molar-refractivity contribution in [1.82, 2.24) is 4.72 Å². The highest BCUT2D eigenvalue weighted by Gasteiger charge is 2.32. The summed E-state index contributed by atoms with van der Waals surface area (Å²) in [5.41, 5.74) is 7.48. The first kappa shape index (κ1) is 16.9. The van der Waals surface area contributed by atoms with E-state index in [4.69, 9.17) is 5.73 Å². The number of anilines is 1. The van der Waals surface area contributed by atoms with Crippen LogP contribution in [0.2, 0.25) is 0 Å². The van der Waals surface area contributed by atoms with Crippen LogP contribution in [0.4, 0.5) is 5.69 Å². The number of aryl methyl sites for hydroxylation is 2. The third-order valence-electron chi connectivity index (χ3n) is 3.67. The zero-order valence-corrected chi connectivity index (χ0v) is 13.7. The van der Waals surface area contributed by atoms with E-state index in [9.17, 15) is 13.5 Å². The Bertz CT molecular complexity index is 620. The standard InChI is InChI=1S/C14H24N2O3S/c1-8-7-9(2)13(10(3)12(8)15)20(18,19)16-14(5,6)11(4)17/h7,11,16-17H,15H2,1-6H3. The lowest BCUT2D eigenvalue weighted by atomic mass is 10.0. The molecule has 0 amide bonds. The first-order valence-corrected chi connectivity index (χ1v) is 7.96. The van der Waals surface area contributed by atoms with Crippen molar-refractivity contribution in [2.75, 3.05) is 5.73 Å². The van der Waals surface area contributed by atoms with Gasteiger partial charge in [0.2, 0.25) is 10.0 Å². The van der Waals surface area contributed by atoms with Gasteiger partial charge in [-0.2, -0.15) is 0 Å². The summed E-state index contributed by atoms with van der Waals surface area (Å²) in [6.45, 7) is 10.1. The van der Waals surface area contributed by atoms with Crippen LogP contribution in [0.1, 0.15) is 37.5 Å². The Morgan fingerprint density at radius 3 is 2.20 bits per heavy atom. The number of aliphatic hydroxyl groups excluding tert-OH is 1. The van der Waals surface area contributed by atoms with E-state index in [1.54, 1.807) is 40.7 Å². The molecule has 0 heterocycles. The van der Waals surface area contributed by atoms with Gasteiger partial charge >= 0.3 is 0 Å². The van der Waals surface area contributed by atoms with Gasteiger partial charge in [-0.15, -0.1) is 0 Å². The number of hydrogen-bond acceptors (Lipinski definition) is 4. The van der Waals surface area contributed by atoms with E-state index in [1.807, 2.05) is 6.92 Å². The average Bonchev–Trinajstić information content (AvgIpc) is 2.23. The molecule has 1 atom stereocenters. The maximum Gasteiger partial charge on any atom is 0.241 e. The van der Waals surface area contributed by atoms with Crippen molar-refractivity contribution >= 4 is 15.7 Å². The Balaban J connectivity index is 3.42. The fraction of sp³-hybridized carbons (Fsp3) is 0.571. The van der Waals surface area contributed by atoms with Crippen molar-refractivity contribution in [2.24, 2.45) is 0 Å². The van der Waals surface area contributed by atoms with Crippen molar-refractivity contribution in [3.63, 3.8) is 0 Å². The highest BCUT2D eigenvalue weighted by Crippen LogP contribution is 2.29. The Morgan fingerprint density at radius 2 is 1.75 bits per heavy atom. The number of nitrogens with two attached hydrogens (primary N) is 1. The maximum absolute atomic E-state index is 12.6. The van der Waals surface area contributed by atoms with E-state index in [1.165, 1.54) is 0 Å². The Labute approximate surface area is 121 Å². The second kappa shape index (κ2) is 5.35. The van der Waals surface area contributed by atoms with Gasteiger partial charge in [0.25, 0.3) is 0 Å². The third kappa shape index (κ3) is 3.13. The van der Waals surface area contributed by atoms with Crippen LogP contribution in [0.3, 0.4) is 0 Å². The summed E-state index contributed by atoms with van der Waals surface area (Å²) in [7, 11) is -3.75. The van der Waals surface area contributed by atoms with E-state index in [-0.39, 0.29) is 4.90 Å². The molecule has 1 aromatic carbocycles. The molecule has 0 saturated heterocycles. The SMILES string of the molecule is Cc1cc(C)c(S(=O)(=O)NC(C)(C)C(C)O)c(C)c1N. The molecule has 114 valence electrons. The highest BCUT2D eigenvalue weighted by atomic mass is 32.2. The summed E-state index contributed by atoms with van der Waals surface area (Å²) < 4.78 is 27.7. The lowest BCUT2D eigenvalue weighted by molar-refractivity contribution is 0.111. The summed E-state index contributed by atoms with van der Waals surface area (Å²) in [6.07, 6.45) is -0.819. The number of hydrogen-bond donors (Lipinski definition) is 3. The van der Waals surface area contributed by atoms with Crippen LogP contribution in [0.15, 0.2) is 11.0 Å². The van der Waals surface area contributed by atoms with Gasteiger partial charge < -0.3 is 10.8 Å². The molecule has 0 aromatic heterocycles. The van der Waals surface area contributed by atoms with Crippen LogP contribution in [-0.2, 0) is 10.0 Å². The predicted octanol–water partition coefficient (Wildman–Crippen LogP) is 1.63. The van der Waals surface area contributed by atoms with Crippen LogP contribution in [0, 0.1) is 20.8 Å². The third-order valence-corrected chi connectivity index (χ3v) is 5.63. The molecule has 0 spiro atoms. The number of aliphatic hydroxyl groups is 1. The molecule has 1 aromatic rings. The van der Waals surface area contributed by atoms with Crippen LogP contribution >= 0.6 is 0 Å². The fourth-order valence-corrected chi connectivity index (χ4v) is 4.04. The van der Waals surface area contributed by atoms with Gasteiger partial charge in [0, 0.05) is 5.69 Å². The van der Waals surface area contributed by atoms with Crippen LogP contribution in [-0.4, -0.2) is 25.2 Å². The molecule has 5 nitrogen and oxygen atoms in total. The zero-order valence-electron chi connectivity index (χ0n) is 12.9. The molecule has 4 N–H and O–H groups in total. The van der Waals surface area contributed by atoms with E-state index in [2.05, 4.69) is 4.72 Å². The minimum absolute atomic E-state index is 0.189. The highest BCUT2D eigenvalue weighted by molar-refractivity contribution is 7.89. The minimum Gasteiger partial charge on any atom is -0.398 e. The number of nitrogen functional groups attached to an aromatic ring is 1. The molecule has 0 aliphatic heterocycles.